The molecule has 1 aliphatic heterocycles. The molecule has 5 rings (SSSR count). The van der Waals surface area contributed by atoms with Gasteiger partial charge in [0.1, 0.15) is 18.1 Å². The van der Waals surface area contributed by atoms with Crippen LogP contribution in [0.4, 0.5) is 13.2 Å². The van der Waals surface area contributed by atoms with E-state index in [2.05, 4.69) is 17.0 Å². The van der Waals surface area contributed by atoms with Crippen molar-refractivity contribution in [1.29, 1.82) is 0 Å². The van der Waals surface area contributed by atoms with E-state index >= 15 is 0 Å². The van der Waals surface area contributed by atoms with Crippen molar-refractivity contribution in [2.45, 2.75) is 50.4 Å². The maximum atomic E-state index is 13.8. The van der Waals surface area contributed by atoms with E-state index in [1.807, 2.05) is 24.3 Å². The summed E-state index contributed by atoms with van der Waals surface area (Å²) in [5.41, 5.74) is 3.54. The third kappa shape index (κ3) is 5.07. The first kappa shape index (κ1) is 23.5. The van der Waals surface area contributed by atoms with Gasteiger partial charge < -0.3 is 9.84 Å². The zero-order valence-corrected chi connectivity index (χ0v) is 19.6. The number of phenolic OH excluding ortho intramolecular Hbond substituents is 1. The molecule has 3 aliphatic rings. The van der Waals surface area contributed by atoms with Gasteiger partial charge in [-0.25, -0.2) is 8.78 Å². The molecule has 0 radical (unpaired) electrons. The van der Waals surface area contributed by atoms with Crippen molar-refractivity contribution in [1.82, 2.24) is 4.90 Å². The molecule has 6 heteroatoms. The standard InChI is InChI=1S/C28H34F3NO2/c29-16-19-17-32(18-19)13-14-34-24-5-1-21(2-6-24)27-25(20-9-11-28(30,31)12-10-20)7-3-22-15-23(33)4-8-26(22)27/h1-2,4-6,8,15,19-20,25,27,33H,3,7,9-14,16-18H2/t25-,27+/m0/s1. The van der Waals surface area contributed by atoms with Crippen molar-refractivity contribution >= 4 is 0 Å². The molecule has 3 nitrogen and oxygen atoms in total. The van der Waals surface area contributed by atoms with Crippen LogP contribution in [0, 0.1) is 17.8 Å². The summed E-state index contributed by atoms with van der Waals surface area (Å²) in [6.07, 6.45) is 2.94. The fraction of sp³-hybridized carbons (Fsp3) is 0.571. The first-order valence-corrected chi connectivity index (χ1v) is 12.6. The number of aromatic hydroxyl groups is 1. The monoisotopic (exact) mass is 473 g/mol. The molecule has 2 fully saturated rings. The number of likely N-dealkylation sites (tertiary alicyclic amines) is 1. The predicted octanol–water partition coefficient (Wildman–Crippen LogP) is 6.19. The van der Waals surface area contributed by atoms with Crippen LogP contribution in [0.25, 0.3) is 0 Å². The molecule has 0 aromatic heterocycles. The highest BCUT2D eigenvalue weighted by molar-refractivity contribution is 5.45. The van der Waals surface area contributed by atoms with Crippen LogP contribution in [-0.4, -0.2) is 48.8 Å². The summed E-state index contributed by atoms with van der Waals surface area (Å²) in [5, 5.41) is 10.0. The van der Waals surface area contributed by atoms with Crippen LogP contribution in [0.1, 0.15) is 54.7 Å². The van der Waals surface area contributed by atoms with E-state index < -0.39 is 5.92 Å². The minimum Gasteiger partial charge on any atom is -0.508 e. The third-order valence-electron chi connectivity index (χ3n) is 8.17. The second kappa shape index (κ2) is 9.80. The molecule has 34 heavy (non-hydrogen) atoms. The SMILES string of the molecule is Oc1ccc2c(c1)CC[C@@H](C1CCC(F)(F)CC1)[C@H]2c1ccc(OCCN2CC(CF)C2)cc1. The summed E-state index contributed by atoms with van der Waals surface area (Å²) >= 11 is 0. The van der Waals surface area contributed by atoms with Gasteiger partial charge in [0, 0.05) is 44.3 Å². The van der Waals surface area contributed by atoms with Crippen molar-refractivity contribution in [3.8, 4) is 11.5 Å². The van der Waals surface area contributed by atoms with Crippen LogP contribution < -0.4 is 4.74 Å². The van der Waals surface area contributed by atoms with Gasteiger partial charge in [-0.3, -0.25) is 9.29 Å². The lowest BCUT2D eigenvalue weighted by Gasteiger charge is -2.41. The Labute approximate surface area is 199 Å². The molecule has 2 aliphatic carbocycles. The van der Waals surface area contributed by atoms with Crippen molar-refractivity contribution in [2.24, 2.45) is 17.8 Å². The number of aryl methyl sites for hydroxylation is 1. The zero-order valence-electron chi connectivity index (χ0n) is 19.6. The molecule has 1 heterocycles. The Morgan fingerprint density at radius 1 is 1.00 bits per heavy atom. The van der Waals surface area contributed by atoms with Crippen molar-refractivity contribution < 1.29 is 23.0 Å². The number of nitrogens with zero attached hydrogens (tertiary/aromatic N) is 1. The first-order chi connectivity index (χ1) is 16.4. The van der Waals surface area contributed by atoms with Crippen molar-refractivity contribution in [2.75, 3.05) is 32.9 Å². The summed E-state index contributed by atoms with van der Waals surface area (Å²) in [5.74, 6) is -0.524. The number of alkyl halides is 3. The lowest BCUT2D eigenvalue weighted by Crippen LogP contribution is -2.49. The number of benzene rings is 2. The highest BCUT2D eigenvalue weighted by atomic mass is 19.3. The van der Waals surface area contributed by atoms with Gasteiger partial charge in [0.05, 0.1) is 6.67 Å². The highest BCUT2D eigenvalue weighted by Gasteiger charge is 2.42. The second-order valence-electron chi connectivity index (χ2n) is 10.5. The molecule has 184 valence electrons. The summed E-state index contributed by atoms with van der Waals surface area (Å²) in [6, 6.07) is 13.8. The third-order valence-corrected chi connectivity index (χ3v) is 8.17. The van der Waals surface area contributed by atoms with Crippen molar-refractivity contribution in [3.63, 3.8) is 0 Å². The van der Waals surface area contributed by atoms with Crippen LogP contribution in [0.2, 0.25) is 0 Å². The Morgan fingerprint density at radius 2 is 1.74 bits per heavy atom. The molecule has 2 aromatic carbocycles. The van der Waals surface area contributed by atoms with E-state index in [4.69, 9.17) is 4.74 Å². The number of phenols is 1. The molecule has 0 amide bonds. The quantitative estimate of drug-likeness (QED) is 0.520. The Balaban J connectivity index is 1.30. The summed E-state index contributed by atoms with van der Waals surface area (Å²) in [6.45, 7) is 2.75. The van der Waals surface area contributed by atoms with Crippen LogP contribution in [0.3, 0.4) is 0 Å². The Hall–Kier alpha value is -2.21. The Kier molecular flexibility index (Phi) is 6.79. The summed E-state index contributed by atoms with van der Waals surface area (Å²) in [4.78, 5) is 2.20. The number of hydrogen-bond acceptors (Lipinski definition) is 3. The minimum atomic E-state index is -2.52. The molecule has 2 atom stereocenters. The highest BCUT2D eigenvalue weighted by Crippen LogP contribution is 2.50. The molecule has 1 N–H and O–H groups in total. The van der Waals surface area contributed by atoms with Gasteiger partial charge in [0.15, 0.2) is 0 Å². The first-order valence-electron chi connectivity index (χ1n) is 12.6. The molecule has 2 aromatic rings. The normalized spacial score (nSPS) is 25.5. The number of fused-ring (bicyclic) bond motifs is 1. The summed E-state index contributed by atoms with van der Waals surface area (Å²) < 4.78 is 46.2. The molecule has 0 bridgehead atoms. The largest absolute Gasteiger partial charge is 0.508 e. The minimum absolute atomic E-state index is 0.0147. The Morgan fingerprint density at radius 3 is 2.44 bits per heavy atom. The van der Waals surface area contributed by atoms with Crippen LogP contribution in [0.5, 0.6) is 11.5 Å². The van der Waals surface area contributed by atoms with Gasteiger partial charge in [0.2, 0.25) is 5.92 Å². The number of rotatable bonds is 7. The molecule has 1 saturated carbocycles. The number of ether oxygens (including phenoxy) is 1. The number of halogens is 3. The predicted molar refractivity (Wildman–Crippen MR) is 127 cm³/mol. The maximum Gasteiger partial charge on any atom is 0.248 e. The summed E-state index contributed by atoms with van der Waals surface area (Å²) in [7, 11) is 0. The Bertz CT molecular complexity index is 964. The molecular weight excluding hydrogens is 439 g/mol. The van der Waals surface area contributed by atoms with E-state index in [0.717, 1.165) is 43.8 Å². The number of hydrogen-bond donors (Lipinski definition) is 1. The lowest BCUT2D eigenvalue weighted by molar-refractivity contribution is -0.0539. The van der Waals surface area contributed by atoms with Gasteiger partial charge in [-0.2, -0.15) is 0 Å². The van der Waals surface area contributed by atoms with E-state index in [9.17, 15) is 18.3 Å². The maximum absolute atomic E-state index is 13.8. The lowest BCUT2D eigenvalue weighted by atomic mass is 9.64. The van der Waals surface area contributed by atoms with E-state index in [1.165, 1.54) is 11.1 Å². The average Bonchev–Trinajstić information content (AvgIpc) is 2.80. The zero-order chi connectivity index (χ0) is 23.7. The molecule has 0 spiro atoms. The molecule has 0 unspecified atom stereocenters. The van der Waals surface area contributed by atoms with Gasteiger partial charge in [-0.05, 0) is 78.5 Å². The van der Waals surface area contributed by atoms with Crippen molar-refractivity contribution in [3.05, 3.63) is 59.2 Å². The average molecular weight is 474 g/mol. The van der Waals surface area contributed by atoms with Gasteiger partial charge in [-0.15, -0.1) is 0 Å². The molecule has 1 saturated heterocycles. The van der Waals surface area contributed by atoms with E-state index in [-0.39, 0.29) is 43.0 Å². The molecular formula is C28H34F3NO2. The van der Waals surface area contributed by atoms with Gasteiger partial charge >= 0.3 is 0 Å². The topological polar surface area (TPSA) is 32.7 Å². The van der Waals surface area contributed by atoms with Gasteiger partial charge in [0.25, 0.3) is 0 Å². The fourth-order valence-corrected chi connectivity index (χ4v) is 6.28. The fourth-order valence-electron chi connectivity index (χ4n) is 6.28. The van der Waals surface area contributed by atoms with Crippen LogP contribution in [0.15, 0.2) is 42.5 Å². The van der Waals surface area contributed by atoms with E-state index in [0.29, 0.717) is 25.4 Å². The smallest absolute Gasteiger partial charge is 0.248 e. The second-order valence-corrected chi connectivity index (χ2v) is 10.5. The van der Waals surface area contributed by atoms with Gasteiger partial charge in [-0.1, -0.05) is 18.2 Å². The van der Waals surface area contributed by atoms with E-state index in [1.54, 1.807) is 6.07 Å². The van der Waals surface area contributed by atoms with Crippen LogP contribution in [-0.2, 0) is 6.42 Å². The van der Waals surface area contributed by atoms with Crippen LogP contribution >= 0.6 is 0 Å².